The van der Waals surface area contributed by atoms with E-state index in [2.05, 4.69) is 18.8 Å². The molecule has 1 aliphatic carbocycles. The van der Waals surface area contributed by atoms with Crippen molar-refractivity contribution in [1.82, 2.24) is 4.98 Å². The summed E-state index contributed by atoms with van der Waals surface area (Å²) in [6.45, 7) is 4.47. The summed E-state index contributed by atoms with van der Waals surface area (Å²) in [6, 6.07) is 5.84. The van der Waals surface area contributed by atoms with Crippen LogP contribution in [0.15, 0.2) is 24.4 Å². The van der Waals surface area contributed by atoms with Crippen LogP contribution in [-0.2, 0) is 11.2 Å². The Morgan fingerprint density at radius 1 is 1.50 bits per heavy atom. The van der Waals surface area contributed by atoms with Gasteiger partial charge in [0, 0.05) is 11.9 Å². The number of hydrogen-bond donors (Lipinski definition) is 1. The molecule has 1 aliphatic rings. The number of pyridine rings is 1. The molecule has 98 valence electrons. The smallest absolute Gasteiger partial charge is 0.306 e. The van der Waals surface area contributed by atoms with Crippen molar-refractivity contribution in [3.8, 4) is 0 Å². The van der Waals surface area contributed by atoms with Gasteiger partial charge in [-0.05, 0) is 49.1 Å². The van der Waals surface area contributed by atoms with Crippen LogP contribution in [0.25, 0.3) is 0 Å². The van der Waals surface area contributed by atoms with Gasteiger partial charge in [-0.1, -0.05) is 19.9 Å². The zero-order valence-corrected chi connectivity index (χ0v) is 11.1. The number of carboxylic acids is 1. The number of rotatable bonds is 3. The first-order valence-corrected chi connectivity index (χ1v) is 6.61. The molecule has 0 amide bonds. The van der Waals surface area contributed by atoms with Crippen LogP contribution in [0, 0.1) is 17.3 Å². The van der Waals surface area contributed by atoms with E-state index >= 15 is 0 Å². The predicted octanol–water partition coefficient (Wildman–Crippen LogP) is 3.15. The topological polar surface area (TPSA) is 50.2 Å². The molecule has 0 bridgehead atoms. The number of aliphatic carboxylic acids is 1. The molecule has 0 radical (unpaired) electrons. The van der Waals surface area contributed by atoms with E-state index in [9.17, 15) is 9.90 Å². The Labute approximate surface area is 108 Å². The van der Waals surface area contributed by atoms with Gasteiger partial charge in [0.1, 0.15) is 0 Å². The van der Waals surface area contributed by atoms with Crippen LogP contribution in [0.2, 0.25) is 0 Å². The molecule has 1 aromatic heterocycles. The quantitative estimate of drug-likeness (QED) is 0.892. The monoisotopic (exact) mass is 247 g/mol. The van der Waals surface area contributed by atoms with Gasteiger partial charge in [-0.25, -0.2) is 0 Å². The maximum absolute atomic E-state index is 11.3. The minimum atomic E-state index is -0.647. The van der Waals surface area contributed by atoms with Crippen molar-refractivity contribution in [2.75, 3.05) is 0 Å². The Morgan fingerprint density at radius 3 is 2.89 bits per heavy atom. The molecule has 0 aromatic carbocycles. The van der Waals surface area contributed by atoms with Gasteiger partial charge < -0.3 is 5.11 Å². The lowest BCUT2D eigenvalue weighted by Crippen LogP contribution is -2.35. The fourth-order valence-electron chi connectivity index (χ4n) is 3.06. The van der Waals surface area contributed by atoms with Crippen molar-refractivity contribution in [2.45, 2.75) is 39.5 Å². The molecule has 2 unspecified atom stereocenters. The Bertz CT molecular complexity index is 414. The molecule has 2 atom stereocenters. The molecule has 1 aromatic rings. The van der Waals surface area contributed by atoms with Gasteiger partial charge in [0.2, 0.25) is 0 Å². The second kappa shape index (κ2) is 5.09. The lowest BCUT2D eigenvalue weighted by molar-refractivity contribution is -0.146. The van der Waals surface area contributed by atoms with Crippen molar-refractivity contribution in [1.29, 1.82) is 0 Å². The largest absolute Gasteiger partial charge is 0.481 e. The number of carbonyl (C=O) groups is 1. The van der Waals surface area contributed by atoms with E-state index < -0.39 is 5.97 Å². The Morgan fingerprint density at radius 2 is 2.28 bits per heavy atom. The average molecular weight is 247 g/mol. The van der Waals surface area contributed by atoms with Gasteiger partial charge in [-0.2, -0.15) is 0 Å². The SMILES string of the molecule is CC1(C)CCC(C(=O)O)C(Cc2ccccn2)C1. The minimum Gasteiger partial charge on any atom is -0.481 e. The number of hydrogen-bond acceptors (Lipinski definition) is 2. The van der Waals surface area contributed by atoms with Crippen LogP contribution in [0.4, 0.5) is 0 Å². The highest BCUT2D eigenvalue weighted by molar-refractivity contribution is 5.70. The van der Waals surface area contributed by atoms with Gasteiger partial charge in [-0.15, -0.1) is 0 Å². The highest BCUT2D eigenvalue weighted by Crippen LogP contribution is 2.43. The molecule has 1 N–H and O–H groups in total. The summed E-state index contributed by atoms with van der Waals surface area (Å²) >= 11 is 0. The molecular formula is C15H21NO2. The summed E-state index contributed by atoms with van der Waals surface area (Å²) in [6.07, 6.45) is 5.32. The van der Waals surface area contributed by atoms with E-state index in [4.69, 9.17) is 0 Å². The van der Waals surface area contributed by atoms with E-state index in [0.29, 0.717) is 0 Å². The van der Waals surface area contributed by atoms with Gasteiger partial charge >= 0.3 is 5.97 Å². The third-order valence-electron chi connectivity index (χ3n) is 4.03. The maximum atomic E-state index is 11.3. The second-order valence-electron chi connectivity index (χ2n) is 6.14. The lowest BCUT2D eigenvalue weighted by atomic mass is 9.66. The van der Waals surface area contributed by atoms with Crippen LogP contribution >= 0.6 is 0 Å². The van der Waals surface area contributed by atoms with Crippen LogP contribution in [0.3, 0.4) is 0 Å². The van der Waals surface area contributed by atoms with Gasteiger partial charge in [-0.3, -0.25) is 9.78 Å². The molecule has 3 heteroatoms. The van der Waals surface area contributed by atoms with E-state index in [1.807, 2.05) is 18.2 Å². The van der Waals surface area contributed by atoms with Crippen molar-refractivity contribution in [2.24, 2.45) is 17.3 Å². The Balaban J connectivity index is 2.13. The molecule has 1 saturated carbocycles. The van der Waals surface area contributed by atoms with Crippen LogP contribution in [0.5, 0.6) is 0 Å². The summed E-state index contributed by atoms with van der Waals surface area (Å²) in [4.78, 5) is 15.7. The third kappa shape index (κ3) is 3.09. The van der Waals surface area contributed by atoms with E-state index in [-0.39, 0.29) is 17.3 Å². The fraction of sp³-hybridized carbons (Fsp3) is 0.600. The zero-order chi connectivity index (χ0) is 13.2. The Kier molecular flexibility index (Phi) is 3.69. The first-order valence-electron chi connectivity index (χ1n) is 6.61. The normalized spacial score (nSPS) is 26.8. The summed E-state index contributed by atoms with van der Waals surface area (Å²) < 4.78 is 0. The van der Waals surface area contributed by atoms with Crippen molar-refractivity contribution in [3.05, 3.63) is 30.1 Å². The first-order chi connectivity index (χ1) is 8.48. The number of carboxylic acid groups (broad SMARTS) is 1. The van der Waals surface area contributed by atoms with Gasteiger partial charge in [0.25, 0.3) is 0 Å². The van der Waals surface area contributed by atoms with Crippen molar-refractivity contribution < 1.29 is 9.90 Å². The van der Waals surface area contributed by atoms with E-state index in [0.717, 1.165) is 31.4 Å². The molecule has 0 saturated heterocycles. The highest BCUT2D eigenvalue weighted by atomic mass is 16.4. The molecule has 1 fully saturated rings. The molecule has 2 rings (SSSR count). The Hall–Kier alpha value is -1.38. The van der Waals surface area contributed by atoms with Crippen LogP contribution in [-0.4, -0.2) is 16.1 Å². The first kappa shape index (κ1) is 13.1. The third-order valence-corrected chi connectivity index (χ3v) is 4.03. The second-order valence-corrected chi connectivity index (χ2v) is 6.14. The lowest BCUT2D eigenvalue weighted by Gasteiger charge is -2.39. The molecule has 0 spiro atoms. The van der Waals surface area contributed by atoms with E-state index in [1.165, 1.54) is 0 Å². The predicted molar refractivity (Wildman–Crippen MR) is 70.2 cm³/mol. The minimum absolute atomic E-state index is 0.208. The molecule has 18 heavy (non-hydrogen) atoms. The fourth-order valence-corrected chi connectivity index (χ4v) is 3.06. The van der Waals surface area contributed by atoms with Crippen LogP contribution < -0.4 is 0 Å². The van der Waals surface area contributed by atoms with Crippen LogP contribution in [0.1, 0.15) is 38.8 Å². The number of aromatic nitrogens is 1. The van der Waals surface area contributed by atoms with Gasteiger partial charge in [0.15, 0.2) is 0 Å². The zero-order valence-electron chi connectivity index (χ0n) is 11.1. The standard InChI is InChI=1S/C15H21NO2/c1-15(2)7-6-13(14(17)18)11(10-15)9-12-5-3-4-8-16-12/h3-5,8,11,13H,6-7,9-10H2,1-2H3,(H,17,18). The average Bonchev–Trinajstić information content (AvgIpc) is 2.28. The molecule has 0 aliphatic heterocycles. The summed E-state index contributed by atoms with van der Waals surface area (Å²) in [5, 5.41) is 9.34. The summed E-state index contributed by atoms with van der Waals surface area (Å²) in [5.74, 6) is -0.646. The van der Waals surface area contributed by atoms with Crippen molar-refractivity contribution in [3.63, 3.8) is 0 Å². The molecular weight excluding hydrogens is 226 g/mol. The van der Waals surface area contributed by atoms with Crippen molar-refractivity contribution >= 4 is 5.97 Å². The molecule has 1 heterocycles. The molecule has 3 nitrogen and oxygen atoms in total. The summed E-state index contributed by atoms with van der Waals surface area (Å²) in [7, 11) is 0. The number of nitrogens with zero attached hydrogens (tertiary/aromatic N) is 1. The summed E-state index contributed by atoms with van der Waals surface area (Å²) in [5.41, 5.74) is 1.26. The maximum Gasteiger partial charge on any atom is 0.306 e. The highest BCUT2D eigenvalue weighted by Gasteiger charge is 2.38. The van der Waals surface area contributed by atoms with Gasteiger partial charge in [0.05, 0.1) is 5.92 Å². The van der Waals surface area contributed by atoms with E-state index in [1.54, 1.807) is 6.20 Å².